The summed E-state index contributed by atoms with van der Waals surface area (Å²) in [6, 6.07) is 12.2. The summed E-state index contributed by atoms with van der Waals surface area (Å²) in [7, 11) is 0. The Labute approximate surface area is 282 Å². The summed E-state index contributed by atoms with van der Waals surface area (Å²) in [5, 5.41) is 0. The van der Waals surface area contributed by atoms with E-state index in [1.165, 1.54) is 24.3 Å². The molecule has 0 saturated carbocycles. The van der Waals surface area contributed by atoms with E-state index in [9.17, 15) is 24.0 Å². The first-order valence-electron chi connectivity index (χ1n) is 15.7. The summed E-state index contributed by atoms with van der Waals surface area (Å²) < 4.78 is 48.4. The van der Waals surface area contributed by atoms with E-state index in [1.807, 2.05) is 0 Å². The highest BCUT2D eigenvalue weighted by Crippen LogP contribution is 2.32. The highest BCUT2D eigenvalue weighted by atomic mass is 16.7. The van der Waals surface area contributed by atoms with Crippen molar-refractivity contribution in [3.05, 3.63) is 85.0 Å². The second-order valence-corrected chi connectivity index (χ2v) is 10.7. The van der Waals surface area contributed by atoms with Gasteiger partial charge in [0.05, 0.1) is 50.8 Å². The van der Waals surface area contributed by atoms with Crippen molar-refractivity contribution >= 4 is 30.0 Å². The summed E-state index contributed by atoms with van der Waals surface area (Å²) in [6.45, 7) is 7.73. The van der Waals surface area contributed by atoms with Crippen LogP contribution in [0.1, 0.15) is 46.4 Å². The van der Waals surface area contributed by atoms with Crippen LogP contribution in [0.5, 0.6) is 11.5 Å². The number of carbonyl (C=O) groups is 5. The largest absolute Gasteiger partial charge is 0.513 e. The first-order chi connectivity index (χ1) is 23.8. The molecule has 2 aliphatic rings. The van der Waals surface area contributed by atoms with Crippen LogP contribution in [0.2, 0.25) is 0 Å². The van der Waals surface area contributed by atoms with Crippen LogP contribution in [0.3, 0.4) is 0 Å². The Hall–Kier alpha value is -5.21. The standard InChI is InChI=1S/C35H38O14/c1-3-29(36)42-18-6-5-17-41-25-13-9-23(10-14-25)33(38)48-27-21-45-32-28(22-46-31(27)32)49-34(39)24-11-15-26(16-12-24)47-35(40)44-20-8-7-19-43-30(37)4-2/h3-4,9-16,27-28,31-32H,1-2,5-8,17-22H2/t27-,28+,31+,32+/m0/s1. The predicted molar refractivity (Wildman–Crippen MR) is 169 cm³/mol. The van der Waals surface area contributed by atoms with Crippen LogP contribution in [-0.4, -0.2) is 94.1 Å². The molecule has 14 heteroatoms. The van der Waals surface area contributed by atoms with Gasteiger partial charge in [0.1, 0.15) is 23.7 Å². The molecule has 2 aromatic carbocycles. The molecule has 4 rings (SSSR count). The van der Waals surface area contributed by atoms with E-state index in [4.69, 9.17) is 42.6 Å². The van der Waals surface area contributed by atoms with Crippen LogP contribution >= 0.6 is 0 Å². The Kier molecular flexibility index (Phi) is 14.2. The highest BCUT2D eigenvalue weighted by Gasteiger charge is 2.51. The number of rotatable bonds is 18. The zero-order valence-corrected chi connectivity index (χ0v) is 26.8. The number of hydrogen-bond donors (Lipinski definition) is 0. The molecule has 0 aliphatic carbocycles. The molecule has 0 bridgehead atoms. The van der Waals surface area contributed by atoms with Gasteiger partial charge in [-0.3, -0.25) is 0 Å². The summed E-state index contributed by atoms with van der Waals surface area (Å²) in [5.41, 5.74) is 0.526. The van der Waals surface area contributed by atoms with E-state index in [-0.39, 0.29) is 44.3 Å². The number of benzene rings is 2. The van der Waals surface area contributed by atoms with E-state index in [0.29, 0.717) is 43.6 Å². The first-order valence-corrected chi connectivity index (χ1v) is 15.7. The second-order valence-electron chi connectivity index (χ2n) is 10.7. The van der Waals surface area contributed by atoms with Gasteiger partial charge in [-0.05, 0) is 74.2 Å². The molecule has 2 saturated heterocycles. The van der Waals surface area contributed by atoms with E-state index in [0.717, 1.165) is 12.2 Å². The molecule has 0 amide bonds. The third kappa shape index (κ3) is 11.5. The van der Waals surface area contributed by atoms with Gasteiger partial charge in [0, 0.05) is 12.2 Å². The fraction of sp³-hybridized carbons (Fsp3) is 0.400. The van der Waals surface area contributed by atoms with Crippen LogP contribution in [0, 0.1) is 0 Å². The van der Waals surface area contributed by atoms with Crippen molar-refractivity contribution in [3.63, 3.8) is 0 Å². The lowest BCUT2D eigenvalue weighted by Crippen LogP contribution is -2.36. The maximum Gasteiger partial charge on any atom is 0.513 e. The van der Waals surface area contributed by atoms with Crippen LogP contribution in [0.15, 0.2) is 73.8 Å². The monoisotopic (exact) mass is 682 g/mol. The van der Waals surface area contributed by atoms with E-state index in [1.54, 1.807) is 24.3 Å². The lowest BCUT2D eigenvalue weighted by molar-refractivity contribution is -0.138. The van der Waals surface area contributed by atoms with Crippen molar-refractivity contribution in [3.8, 4) is 11.5 Å². The molecule has 49 heavy (non-hydrogen) atoms. The van der Waals surface area contributed by atoms with Gasteiger partial charge in [-0.15, -0.1) is 0 Å². The fourth-order valence-electron chi connectivity index (χ4n) is 4.73. The quantitative estimate of drug-likeness (QED) is 0.0723. The van der Waals surface area contributed by atoms with Crippen molar-refractivity contribution in [1.29, 1.82) is 0 Å². The van der Waals surface area contributed by atoms with Gasteiger partial charge in [-0.1, -0.05) is 13.2 Å². The van der Waals surface area contributed by atoms with E-state index >= 15 is 0 Å². The Morgan fingerprint density at radius 2 is 1.04 bits per heavy atom. The zero-order chi connectivity index (χ0) is 35.0. The molecule has 0 spiro atoms. The number of unbranched alkanes of at least 4 members (excludes halogenated alkanes) is 2. The molecule has 0 radical (unpaired) electrons. The Morgan fingerprint density at radius 1 is 0.612 bits per heavy atom. The first kappa shape index (κ1) is 36.6. The van der Waals surface area contributed by atoms with Gasteiger partial charge in [-0.2, -0.15) is 0 Å². The van der Waals surface area contributed by atoms with Crippen LogP contribution in [0.4, 0.5) is 4.79 Å². The predicted octanol–water partition coefficient (Wildman–Crippen LogP) is 4.15. The lowest BCUT2D eigenvalue weighted by atomic mass is 10.1. The minimum Gasteiger partial charge on any atom is -0.494 e. The number of carbonyl (C=O) groups excluding carboxylic acids is 5. The molecular weight excluding hydrogens is 644 g/mol. The number of esters is 4. The molecule has 14 nitrogen and oxygen atoms in total. The third-order valence-corrected chi connectivity index (χ3v) is 7.25. The number of ether oxygens (including phenoxy) is 9. The molecular formula is C35H38O14. The van der Waals surface area contributed by atoms with Gasteiger partial charge in [0.15, 0.2) is 12.2 Å². The topological polar surface area (TPSA) is 168 Å². The summed E-state index contributed by atoms with van der Waals surface area (Å²) in [6.07, 6.45) is 0.900. The van der Waals surface area contributed by atoms with Crippen molar-refractivity contribution in [1.82, 2.24) is 0 Å². The Morgan fingerprint density at radius 3 is 1.51 bits per heavy atom. The number of hydrogen-bond acceptors (Lipinski definition) is 14. The zero-order valence-electron chi connectivity index (χ0n) is 26.8. The molecule has 0 N–H and O–H groups in total. The second kappa shape index (κ2) is 19.0. The van der Waals surface area contributed by atoms with E-state index < -0.39 is 54.4 Å². The third-order valence-electron chi connectivity index (χ3n) is 7.25. The maximum absolute atomic E-state index is 12.8. The minimum atomic E-state index is -0.916. The summed E-state index contributed by atoms with van der Waals surface area (Å²) >= 11 is 0. The molecule has 4 atom stereocenters. The van der Waals surface area contributed by atoms with Crippen LogP contribution in [-0.2, 0) is 42.7 Å². The van der Waals surface area contributed by atoms with Gasteiger partial charge in [-0.25, -0.2) is 24.0 Å². The summed E-state index contributed by atoms with van der Waals surface area (Å²) in [4.78, 5) is 59.6. The Balaban J connectivity index is 1.14. The SMILES string of the molecule is C=CC(=O)OCCCCOC(=O)Oc1ccc(C(=O)O[C@@H]2CO[C@H]3[C@@H]2OC[C@@H]3OC(=O)c2ccc(OCCCCOC(=O)C=C)cc2)cc1. The molecule has 262 valence electrons. The van der Waals surface area contributed by atoms with Crippen molar-refractivity contribution in [2.24, 2.45) is 0 Å². The van der Waals surface area contributed by atoms with Gasteiger partial charge in [0.2, 0.25) is 0 Å². The van der Waals surface area contributed by atoms with Crippen molar-refractivity contribution in [2.75, 3.05) is 39.6 Å². The number of fused-ring (bicyclic) bond motifs is 1. The van der Waals surface area contributed by atoms with Gasteiger partial charge in [0.25, 0.3) is 0 Å². The molecule has 2 aromatic rings. The van der Waals surface area contributed by atoms with Crippen LogP contribution in [0.25, 0.3) is 0 Å². The molecule has 2 aliphatic heterocycles. The molecule has 2 fully saturated rings. The van der Waals surface area contributed by atoms with Gasteiger partial charge >= 0.3 is 30.0 Å². The van der Waals surface area contributed by atoms with Crippen molar-refractivity contribution in [2.45, 2.75) is 50.1 Å². The fourth-order valence-corrected chi connectivity index (χ4v) is 4.73. The molecule has 0 aromatic heterocycles. The average Bonchev–Trinajstić information content (AvgIpc) is 3.70. The minimum absolute atomic E-state index is 0.0571. The lowest BCUT2D eigenvalue weighted by Gasteiger charge is -2.17. The van der Waals surface area contributed by atoms with E-state index in [2.05, 4.69) is 13.2 Å². The molecule has 0 unspecified atom stereocenters. The average molecular weight is 683 g/mol. The smallest absolute Gasteiger partial charge is 0.494 e. The normalized spacial score (nSPS) is 19.1. The summed E-state index contributed by atoms with van der Waals surface area (Å²) in [5.74, 6) is -1.44. The maximum atomic E-state index is 12.8. The highest BCUT2D eigenvalue weighted by molar-refractivity contribution is 5.90. The van der Waals surface area contributed by atoms with Crippen molar-refractivity contribution < 1.29 is 66.6 Å². The van der Waals surface area contributed by atoms with Gasteiger partial charge < -0.3 is 42.6 Å². The van der Waals surface area contributed by atoms with Crippen LogP contribution < -0.4 is 9.47 Å². The Bertz CT molecular complexity index is 1450. The molecule has 2 heterocycles.